The number of phenolic OH excluding ortho intramolecular Hbond substituents is 1. The fourth-order valence-electron chi connectivity index (χ4n) is 15.6. The van der Waals surface area contributed by atoms with E-state index in [1.54, 1.807) is 112 Å². The summed E-state index contributed by atoms with van der Waals surface area (Å²) in [6.45, 7) is 9.16. The van der Waals surface area contributed by atoms with Crippen LogP contribution in [-0.2, 0) is 142 Å². The zero-order chi connectivity index (χ0) is 106. The van der Waals surface area contributed by atoms with Crippen LogP contribution in [-0.4, -0.2) is 265 Å². The van der Waals surface area contributed by atoms with Gasteiger partial charge in [0, 0.05) is 112 Å². The molecule has 0 saturated heterocycles. The first-order chi connectivity index (χ1) is 68.1. The van der Waals surface area contributed by atoms with E-state index in [1.807, 2.05) is 0 Å². The maximum Gasteiger partial charge on any atom is 0.305 e. The number of fused-ring (bicyclic) bond motifs is 6. The zero-order valence-electron chi connectivity index (χ0n) is 81.1. The third-order valence-electron chi connectivity index (χ3n) is 23.5. The Morgan fingerprint density at radius 1 is 0.493 bits per heavy atom. The van der Waals surface area contributed by atoms with Crippen LogP contribution in [0.4, 0.5) is 0 Å². The van der Waals surface area contributed by atoms with Crippen LogP contribution in [0, 0.1) is 35.5 Å². The van der Waals surface area contributed by atoms with Crippen molar-refractivity contribution < 1.29 is 126 Å². The van der Waals surface area contributed by atoms with E-state index in [9.17, 15) is 102 Å². The summed E-state index contributed by atoms with van der Waals surface area (Å²) in [4.78, 5) is 313. The largest absolute Gasteiger partial charge is 0.508 e. The number of amides is 16. The Labute approximate surface area is 844 Å². The smallest absolute Gasteiger partial charge is 0.305 e. The molecule has 0 radical (unpaired) electrons. The van der Waals surface area contributed by atoms with Gasteiger partial charge in [-0.25, -0.2) is 0 Å². The zero-order valence-corrected chi connectivity index (χ0v) is 83.5. The van der Waals surface area contributed by atoms with Crippen LogP contribution in [0.15, 0.2) is 115 Å². The molecule has 2 aliphatic heterocycles. The minimum Gasteiger partial charge on any atom is -0.508 e. The monoisotopic (exact) mass is 2050 g/mol. The molecule has 0 fully saturated rings. The lowest BCUT2D eigenvalue weighted by Crippen LogP contribution is -2.61. The highest BCUT2D eigenvalue weighted by molar-refractivity contribution is 7.99. The number of primary amides is 2. The van der Waals surface area contributed by atoms with Gasteiger partial charge < -0.3 is 106 Å². The van der Waals surface area contributed by atoms with Gasteiger partial charge in [-0.05, 0) is 102 Å². The highest BCUT2D eigenvalue weighted by atomic mass is 32.2. The number of carboxylic acids is 3. The quantitative estimate of drug-likeness (QED) is 0.0305. The van der Waals surface area contributed by atoms with Crippen molar-refractivity contribution in [2.75, 3.05) is 37.4 Å². The molecule has 2 aliphatic rings. The minimum atomic E-state index is -2.09. The molecular formula is C99H126N16O26S3. The van der Waals surface area contributed by atoms with Gasteiger partial charge in [-0.1, -0.05) is 131 Å². The van der Waals surface area contributed by atoms with Crippen molar-refractivity contribution in [2.24, 2.45) is 34.6 Å². The Hall–Kier alpha value is -14.3. The SMILES string of the molecule is C#CCCC(=O)NCCC(=O)N(C)CC(=O)N[C@@H](C)C(=O)C[C@H]1CSCc2cc3cc(c2)CSC[C@H](NC(=O)[C@@H](C)NC(=O)[C@H](Cc2cccc4ccccc24)CC(=O)[C@H](CCC(=O)O)NC(=O)[C@H](CC(N)=O)NC(=O)[C@@H](C)NC1=O)C(=O)N[C@@H](CC)C(=O)N[C@@H](CC(=O)O)C(=O)N[C@@H](Cc1ccccc1)C(=O)N[C@@H](Cc1ccc(O)cc1)C(=O)N[C@@H](CC(=O)O)C(=O)N[C@@H](C(C)(C)C)C(=O)CC(C(N)=O)CSC3. The van der Waals surface area contributed by atoms with Crippen molar-refractivity contribution in [1.82, 2.24) is 74.0 Å². The van der Waals surface area contributed by atoms with Crippen LogP contribution in [0.1, 0.15) is 159 Å². The minimum absolute atomic E-state index is 0.0150. The second-order valence-electron chi connectivity index (χ2n) is 36.4. The number of hydrogen-bond acceptors (Lipinski definition) is 26. The van der Waals surface area contributed by atoms with Crippen molar-refractivity contribution in [3.05, 3.63) is 149 Å². The molecule has 0 aliphatic carbocycles. The van der Waals surface area contributed by atoms with E-state index in [4.69, 9.17) is 17.9 Å². The van der Waals surface area contributed by atoms with Crippen molar-refractivity contribution in [3.8, 4) is 18.1 Å². The number of carbonyl (C=O) groups is 22. The predicted octanol–water partition coefficient (Wildman–Crippen LogP) is 0.613. The molecule has 776 valence electrons. The summed E-state index contributed by atoms with van der Waals surface area (Å²) in [6.07, 6.45) is -3.05. The summed E-state index contributed by atoms with van der Waals surface area (Å²) in [6, 6.07) is 9.35. The Morgan fingerprint density at radius 3 is 1.53 bits per heavy atom. The van der Waals surface area contributed by atoms with E-state index in [0.29, 0.717) is 38.6 Å². The highest BCUT2D eigenvalue weighted by Gasteiger charge is 2.42. The number of terminal acetylenes is 1. The van der Waals surface area contributed by atoms with Gasteiger partial charge in [-0.3, -0.25) is 105 Å². The van der Waals surface area contributed by atoms with Gasteiger partial charge in [0.1, 0.15) is 60.1 Å². The van der Waals surface area contributed by atoms with Gasteiger partial charge in [0.05, 0.1) is 55.8 Å². The summed E-state index contributed by atoms with van der Waals surface area (Å²) < 4.78 is 0. The van der Waals surface area contributed by atoms with Crippen molar-refractivity contribution in [2.45, 2.75) is 235 Å². The van der Waals surface area contributed by atoms with Gasteiger partial charge in [-0.15, -0.1) is 12.3 Å². The number of hydrogen-bond donors (Lipinski definition) is 19. The molecule has 0 spiro atoms. The molecule has 0 saturated carbocycles. The molecule has 1 unspecified atom stereocenters. The highest BCUT2D eigenvalue weighted by Crippen LogP contribution is 2.31. The molecule has 16 amide bonds. The van der Waals surface area contributed by atoms with Gasteiger partial charge in [-0.2, -0.15) is 35.3 Å². The molecule has 15 atom stereocenters. The Balaban J connectivity index is 1.38. The Morgan fingerprint density at radius 2 is 0.979 bits per heavy atom. The molecule has 5 aromatic rings. The summed E-state index contributed by atoms with van der Waals surface area (Å²) in [5.41, 5.74) is 13.1. The van der Waals surface area contributed by atoms with Crippen LogP contribution >= 0.6 is 35.3 Å². The molecule has 144 heavy (non-hydrogen) atoms. The lowest BCUT2D eigenvalue weighted by Gasteiger charge is -2.32. The fourth-order valence-corrected chi connectivity index (χ4v) is 18.7. The summed E-state index contributed by atoms with van der Waals surface area (Å²) in [7, 11) is 1.31. The molecule has 7 rings (SSSR count). The van der Waals surface area contributed by atoms with Gasteiger partial charge >= 0.3 is 17.9 Å². The molecule has 5 aromatic carbocycles. The summed E-state index contributed by atoms with van der Waals surface area (Å²) in [5.74, 6) is -26.7. The molecule has 42 nitrogen and oxygen atoms in total. The number of phenols is 1. The molecule has 21 N–H and O–H groups in total. The number of Topliss-reactive ketones (excluding diaryl/α,β-unsaturated/α-hetero) is 3. The van der Waals surface area contributed by atoms with Crippen molar-refractivity contribution >= 4 is 176 Å². The third kappa shape index (κ3) is 38.9. The van der Waals surface area contributed by atoms with Crippen molar-refractivity contribution in [1.29, 1.82) is 0 Å². The van der Waals surface area contributed by atoms with E-state index in [2.05, 4.69) is 75.0 Å². The standard InChI is InChI=1S/C99H126N16O26S3/c1-10-12-25-80(121)102-33-32-82(123)115(9)46-81(122)103-53(3)76(117)42-65-51-143-48-59-34-58-35-60(36-59)49-144-52-75(113-89(132)55(5)104-90(133)63(39-62-23-18-22-61-21-16-17-24-67(61)62)40-77(118)69(30-31-83(124)125)107-95(138)72(43-79(100)120)108-88(131)54(4)105-91(65)134)98(141)106-68(11-2)92(135)111-73(44-84(126)127)96(139)110-70(37-56-19-14-13-15-20-56)93(136)109-71(38-57-26-28-66(116)29-27-57)94(137)112-74(45-85(128)129)97(140)114-86(99(6,7)8)78(119)41-64(87(101)130)50-142-47-58/h1,13-24,26-29,34-36,53-55,63-65,68-75,86,116H,11-12,25,30-33,37-52H2,2-9H3,(H2,100,120)(H2,101,130)(H,102,121)(H,103,122)(H,104,133)(H,105,134)(H,106,141)(H,107,138)(H,108,131)(H,109,136)(H,110,139)(H,111,135)(H,112,137)(H,113,132)(H,114,140)(H,124,125)(H,126,127)(H,128,129)/t53-,54+,55+,63+,64?,65-,68-,69-,70-,71-,72-,73-,74-,75-,86+/m0/s1. The number of rotatable bonds is 28. The van der Waals surface area contributed by atoms with Gasteiger partial charge in [0.2, 0.25) is 94.5 Å². The number of nitrogens with zero attached hydrogens (tertiary/aromatic N) is 1. The predicted molar refractivity (Wildman–Crippen MR) is 532 cm³/mol. The lowest BCUT2D eigenvalue weighted by molar-refractivity contribution is -0.142. The molecule has 45 heteroatoms. The summed E-state index contributed by atoms with van der Waals surface area (Å²) >= 11 is 3.22. The van der Waals surface area contributed by atoms with E-state index < -0.39 is 302 Å². The molecule has 2 heterocycles. The number of benzene rings is 5. The number of nitrogens with two attached hydrogens (primary N) is 2. The number of ketones is 3. The number of aromatic hydroxyl groups is 1. The third-order valence-corrected chi connectivity index (χ3v) is 26.9. The number of carboxylic acid groups (broad SMARTS) is 3. The topological polar surface area (TPSA) is 668 Å². The Bertz CT molecular complexity index is 5580. The first-order valence-corrected chi connectivity index (χ1v) is 50.1. The van der Waals surface area contributed by atoms with Crippen LogP contribution < -0.4 is 80.6 Å². The summed E-state index contributed by atoms with van der Waals surface area (Å²) in [5, 5.41) is 74.9. The average molecular weight is 2050 g/mol. The first kappa shape index (κ1) is 117. The van der Waals surface area contributed by atoms with Gasteiger partial charge in [0.25, 0.3) is 0 Å². The van der Waals surface area contributed by atoms with E-state index in [-0.39, 0.29) is 78.7 Å². The van der Waals surface area contributed by atoms with Crippen LogP contribution in [0.2, 0.25) is 0 Å². The van der Waals surface area contributed by atoms with Crippen LogP contribution in [0.3, 0.4) is 0 Å². The second kappa shape index (κ2) is 57.1. The second-order valence-corrected chi connectivity index (χ2v) is 39.5. The van der Waals surface area contributed by atoms with Crippen LogP contribution in [0.5, 0.6) is 5.75 Å². The molecular weight excluding hydrogens is 1930 g/mol. The Kier molecular flexibility index (Phi) is 46.3. The van der Waals surface area contributed by atoms with E-state index >= 15 is 24.0 Å². The van der Waals surface area contributed by atoms with Crippen LogP contribution in [0.25, 0.3) is 10.8 Å². The number of thioether (sulfide) groups is 3. The fraction of sp³-hybridized carbons (Fsp3) is 0.475. The van der Waals surface area contributed by atoms with Gasteiger partial charge in [0.15, 0.2) is 17.3 Å². The first-order valence-electron chi connectivity index (χ1n) is 46.6. The number of aliphatic carboxylic acids is 3. The van der Waals surface area contributed by atoms with E-state index in [0.717, 1.165) is 40.2 Å². The lowest BCUT2D eigenvalue weighted by atomic mass is 9.81. The average Bonchev–Trinajstić information content (AvgIpc) is 0.815. The number of carbonyl (C=O) groups excluding carboxylic acids is 19. The maximum atomic E-state index is 15.3. The molecule has 0 aromatic heterocycles. The maximum absolute atomic E-state index is 15.3. The normalized spacial score (nSPS) is 22.9. The van der Waals surface area contributed by atoms with Crippen molar-refractivity contribution in [3.63, 3.8) is 0 Å². The van der Waals surface area contributed by atoms with E-state index in [1.165, 1.54) is 59.0 Å². The molecule has 4 bridgehead atoms. The number of likely N-dealkylation sites (N-methyl/N-ethyl adjacent to an activating group) is 1. The number of nitrogens with one attached hydrogen (secondary N) is 13.